The molecule has 1 saturated heterocycles. The molecule has 1 unspecified atom stereocenters. The van der Waals surface area contributed by atoms with Gasteiger partial charge in [-0.2, -0.15) is 0 Å². The molecule has 0 aliphatic carbocycles. The van der Waals surface area contributed by atoms with E-state index in [1.54, 1.807) is 7.11 Å². The third-order valence-electron chi connectivity index (χ3n) is 2.92. The molecule has 1 N–H and O–H groups in total. The maximum absolute atomic E-state index is 11.8. The molecule has 1 rings (SSSR count). The minimum Gasteiger partial charge on any atom is -0.464 e. The van der Waals surface area contributed by atoms with E-state index in [9.17, 15) is 4.79 Å². The van der Waals surface area contributed by atoms with Crippen molar-refractivity contribution in [2.24, 2.45) is 0 Å². The molecular weight excluding hydrogens is 222 g/mol. The van der Waals surface area contributed by atoms with Crippen molar-refractivity contribution in [2.75, 3.05) is 40.1 Å². The standard InChI is InChI=1S/C12H23NO4/c1-12(5-3-6-13-12)11(14)17-8-4-7-16-10-9-15-2/h13H,3-10H2,1-2H3. The molecule has 1 heterocycles. The third kappa shape index (κ3) is 5.02. The van der Waals surface area contributed by atoms with Crippen LogP contribution < -0.4 is 5.32 Å². The van der Waals surface area contributed by atoms with E-state index in [2.05, 4.69) is 5.32 Å². The van der Waals surface area contributed by atoms with Crippen molar-refractivity contribution in [1.82, 2.24) is 5.32 Å². The summed E-state index contributed by atoms with van der Waals surface area (Å²) in [5, 5.41) is 3.18. The molecule has 1 fully saturated rings. The van der Waals surface area contributed by atoms with Gasteiger partial charge >= 0.3 is 5.97 Å². The van der Waals surface area contributed by atoms with E-state index in [1.807, 2.05) is 6.92 Å². The monoisotopic (exact) mass is 245 g/mol. The van der Waals surface area contributed by atoms with E-state index in [0.717, 1.165) is 25.8 Å². The highest BCUT2D eigenvalue weighted by Crippen LogP contribution is 2.19. The summed E-state index contributed by atoms with van der Waals surface area (Å²) < 4.78 is 15.3. The first-order chi connectivity index (χ1) is 8.19. The average molecular weight is 245 g/mol. The predicted molar refractivity (Wildman–Crippen MR) is 63.9 cm³/mol. The Morgan fingerprint density at radius 3 is 2.76 bits per heavy atom. The zero-order chi connectivity index (χ0) is 12.6. The zero-order valence-corrected chi connectivity index (χ0v) is 10.8. The summed E-state index contributed by atoms with van der Waals surface area (Å²) >= 11 is 0. The van der Waals surface area contributed by atoms with Crippen LogP contribution in [0.1, 0.15) is 26.2 Å². The molecule has 1 atom stereocenters. The Morgan fingerprint density at radius 2 is 2.12 bits per heavy atom. The molecule has 0 radical (unpaired) electrons. The molecule has 5 heteroatoms. The van der Waals surface area contributed by atoms with E-state index in [1.165, 1.54) is 0 Å². The highest BCUT2D eigenvalue weighted by Gasteiger charge is 2.37. The predicted octanol–water partition coefficient (Wildman–Crippen LogP) is 0.725. The van der Waals surface area contributed by atoms with Gasteiger partial charge in [0.05, 0.1) is 19.8 Å². The van der Waals surface area contributed by atoms with Crippen molar-refractivity contribution < 1.29 is 19.0 Å². The molecule has 100 valence electrons. The summed E-state index contributed by atoms with van der Waals surface area (Å²) in [4.78, 5) is 11.8. The van der Waals surface area contributed by atoms with E-state index in [0.29, 0.717) is 26.4 Å². The summed E-state index contributed by atoms with van der Waals surface area (Å²) in [6.45, 7) is 5.00. The molecule has 0 aromatic carbocycles. The Labute approximate surface area is 103 Å². The molecule has 0 spiro atoms. The minimum absolute atomic E-state index is 0.146. The Balaban J connectivity index is 2.00. The summed E-state index contributed by atoms with van der Waals surface area (Å²) in [6, 6.07) is 0. The highest BCUT2D eigenvalue weighted by molar-refractivity contribution is 5.80. The van der Waals surface area contributed by atoms with Crippen LogP contribution in [0.25, 0.3) is 0 Å². The van der Waals surface area contributed by atoms with Crippen LogP contribution in [0.2, 0.25) is 0 Å². The van der Waals surface area contributed by atoms with E-state index in [4.69, 9.17) is 14.2 Å². The number of esters is 1. The van der Waals surface area contributed by atoms with Gasteiger partial charge in [0, 0.05) is 20.1 Å². The second-order valence-corrected chi connectivity index (χ2v) is 4.46. The van der Waals surface area contributed by atoms with Gasteiger partial charge in [-0.3, -0.25) is 4.79 Å². The van der Waals surface area contributed by atoms with Gasteiger partial charge in [0.15, 0.2) is 0 Å². The lowest BCUT2D eigenvalue weighted by Crippen LogP contribution is -2.45. The fourth-order valence-corrected chi connectivity index (χ4v) is 1.80. The van der Waals surface area contributed by atoms with Crippen molar-refractivity contribution in [1.29, 1.82) is 0 Å². The topological polar surface area (TPSA) is 56.8 Å². The van der Waals surface area contributed by atoms with Gasteiger partial charge in [-0.1, -0.05) is 0 Å². The third-order valence-corrected chi connectivity index (χ3v) is 2.92. The zero-order valence-electron chi connectivity index (χ0n) is 10.8. The lowest BCUT2D eigenvalue weighted by molar-refractivity contribution is -0.150. The average Bonchev–Trinajstić information content (AvgIpc) is 2.76. The Hall–Kier alpha value is -0.650. The first-order valence-electron chi connectivity index (χ1n) is 6.18. The number of hydrogen-bond donors (Lipinski definition) is 1. The molecule has 5 nitrogen and oxygen atoms in total. The number of carbonyl (C=O) groups is 1. The van der Waals surface area contributed by atoms with Crippen LogP contribution >= 0.6 is 0 Å². The van der Waals surface area contributed by atoms with Gasteiger partial charge in [-0.15, -0.1) is 0 Å². The Morgan fingerprint density at radius 1 is 1.29 bits per heavy atom. The van der Waals surface area contributed by atoms with Crippen molar-refractivity contribution >= 4 is 5.97 Å². The van der Waals surface area contributed by atoms with Gasteiger partial charge in [-0.05, 0) is 26.3 Å². The van der Waals surface area contributed by atoms with Crippen LogP contribution in [0.15, 0.2) is 0 Å². The molecule has 1 aliphatic heterocycles. The lowest BCUT2D eigenvalue weighted by Gasteiger charge is -2.21. The largest absolute Gasteiger partial charge is 0.464 e. The molecular formula is C12H23NO4. The maximum Gasteiger partial charge on any atom is 0.326 e. The van der Waals surface area contributed by atoms with E-state index >= 15 is 0 Å². The van der Waals surface area contributed by atoms with Crippen molar-refractivity contribution in [2.45, 2.75) is 31.7 Å². The highest BCUT2D eigenvalue weighted by atomic mass is 16.5. The summed E-state index contributed by atoms with van der Waals surface area (Å²) in [5.41, 5.74) is -0.475. The summed E-state index contributed by atoms with van der Waals surface area (Å²) in [6.07, 6.45) is 2.62. The number of methoxy groups -OCH3 is 1. The van der Waals surface area contributed by atoms with Crippen LogP contribution in [0, 0.1) is 0 Å². The number of nitrogens with one attached hydrogen (secondary N) is 1. The maximum atomic E-state index is 11.8. The van der Waals surface area contributed by atoms with E-state index < -0.39 is 5.54 Å². The molecule has 0 saturated carbocycles. The van der Waals surface area contributed by atoms with Crippen molar-refractivity contribution in [3.63, 3.8) is 0 Å². The molecule has 0 aromatic rings. The SMILES string of the molecule is COCCOCCCOC(=O)C1(C)CCCN1. The molecule has 17 heavy (non-hydrogen) atoms. The van der Waals surface area contributed by atoms with Crippen LogP contribution in [0.4, 0.5) is 0 Å². The van der Waals surface area contributed by atoms with Crippen LogP contribution in [-0.4, -0.2) is 51.6 Å². The fraction of sp³-hybridized carbons (Fsp3) is 0.917. The number of hydrogen-bond acceptors (Lipinski definition) is 5. The molecule has 1 aliphatic rings. The quantitative estimate of drug-likeness (QED) is 0.504. The second kappa shape index (κ2) is 7.63. The normalized spacial score (nSPS) is 23.9. The molecule has 0 amide bonds. The van der Waals surface area contributed by atoms with E-state index in [-0.39, 0.29) is 5.97 Å². The summed E-state index contributed by atoms with van der Waals surface area (Å²) in [5.74, 6) is -0.146. The van der Waals surface area contributed by atoms with Gasteiger partial charge < -0.3 is 19.5 Å². The van der Waals surface area contributed by atoms with Gasteiger partial charge in [0.2, 0.25) is 0 Å². The van der Waals surface area contributed by atoms with Crippen LogP contribution in [0.3, 0.4) is 0 Å². The molecule has 0 aromatic heterocycles. The number of carbonyl (C=O) groups excluding carboxylic acids is 1. The Bertz CT molecular complexity index is 227. The van der Waals surface area contributed by atoms with Crippen molar-refractivity contribution in [3.8, 4) is 0 Å². The van der Waals surface area contributed by atoms with Gasteiger partial charge in [-0.25, -0.2) is 0 Å². The molecule has 0 bridgehead atoms. The second-order valence-electron chi connectivity index (χ2n) is 4.46. The minimum atomic E-state index is -0.475. The number of rotatable bonds is 8. The smallest absolute Gasteiger partial charge is 0.326 e. The van der Waals surface area contributed by atoms with Crippen LogP contribution in [0.5, 0.6) is 0 Å². The lowest BCUT2D eigenvalue weighted by atomic mass is 10.0. The Kier molecular flexibility index (Phi) is 6.47. The summed E-state index contributed by atoms with van der Waals surface area (Å²) in [7, 11) is 1.64. The van der Waals surface area contributed by atoms with Gasteiger partial charge in [0.25, 0.3) is 0 Å². The number of ether oxygens (including phenoxy) is 3. The van der Waals surface area contributed by atoms with Crippen LogP contribution in [-0.2, 0) is 19.0 Å². The van der Waals surface area contributed by atoms with Gasteiger partial charge in [0.1, 0.15) is 5.54 Å². The fourth-order valence-electron chi connectivity index (χ4n) is 1.80. The first-order valence-corrected chi connectivity index (χ1v) is 6.18. The first kappa shape index (κ1) is 14.4. The van der Waals surface area contributed by atoms with Crippen molar-refractivity contribution in [3.05, 3.63) is 0 Å².